The van der Waals surface area contributed by atoms with Crippen LogP contribution in [0.4, 0.5) is 13.2 Å². The van der Waals surface area contributed by atoms with Crippen molar-refractivity contribution in [3.8, 4) is 0 Å². The Morgan fingerprint density at radius 2 is 1.72 bits per heavy atom. The first-order chi connectivity index (χ1) is 11.4. The third-order valence-electron chi connectivity index (χ3n) is 3.44. The number of rotatable bonds is 4. The molecule has 1 aromatic carbocycles. The maximum atomic E-state index is 13.5. The Labute approximate surface area is 146 Å². The van der Waals surface area contributed by atoms with Crippen LogP contribution >= 0.6 is 11.6 Å². The minimum Gasteiger partial charge on any atom is -0.268 e. The lowest BCUT2D eigenvalue weighted by Gasteiger charge is -2.29. The maximum Gasteiger partial charge on any atom is 0.409 e. The first kappa shape index (κ1) is 19.4. The largest absolute Gasteiger partial charge is 0.409 e. The van der Waals surface area contributed by atoms with Gasteiger partial charge in [-0.05, 0) is 23.8 Å². The highest BCUT2D eigenvalue weighted by Gasteiger charge is 2.48. The molecule has 1 unspecified atom stereocenters. The second-order valence-electron chi connectivity index (χ2n) is 5.15. The molecule has 2 rings (SSSR count). The first-order valence-electron chi connectivity index (χ1n) is 6.79. The summed E-state index contributed by atoms with van der Waals surface area (Å²) in [6, 6.07) is 4.01. The van der Waals surface area contributed by atoms with Crippen molar-refractivity contribution in [2.24, 2.45) is 7.05 Å². The summed E-state index contributed by atoms with van der Waals surface area (Å²) in [6.45, 7) is 0. The summed E-state index contributed by atoms with van der Waals surface area (Å²) in [5, 5.41) is 3.07. The highest BCUT2D eigenvalue weighted by atomic mass is 35.5. The lowest BCUT2D eigenvalue weighted by Crippen LogP contribution is -2.40. The molecule has 2 aromatic rings. The summed E-state index contributed by atoms with van der Waals surface area (Å²) in [4.78, 5) is 11.3. The van der Waals surface area contributed by atoms with Crippen LogP contribution in [-0.2, 0) is 17.1 Å². The number of benzene rings is 1. The Kier molecular flexibility index (Phi) is 5.26. The third kappa shape index (κ3) is 4.02. The van der Waals surface area contributed by atoms with E-state index in [0.29, 0.717) is 0 Å². The summed E-state index contributed by atoms with van der Waals surface area (Å²) in [5.41, 5.74) is -0.889. The summed E-state index contributed by atoms with van der Waals surface area (Å²) in [7, 11) is -2.61. The molecule has 6 nitrogen and oxygen atoms in total. The molecule has 0 aliphatic rings. The van der Waals surface area contributed by atoms with Crippen molar-refractivity contribution >= 4 is 21.6 Å². The fourth-order valence-corrected chi connectivity index (χ4v) is 3.56. The highest BCUT2D eigenvalue weighted by molar-refractivity contribution is 7.89. The van der Waals surface area contributed by atoms with Gasteiger partial charge in [-0.15, -0.1) is 0 Å². The fraction of sp³-hybridized carbons (Fsp3) is 0.286. The number of hydrogen-bond acceptors (Lipinski definition) is 4. The quantitative estimate of drug-likeness (QED) is 0.796. The average molecular weight is 396 g/mol. The molecule has 1 aromatic heterocycles. The number of hydrogen-bond donors (Lipinski definition) is 0. The van der Waals surface area contributed by atoms with Crippen molar-refractivity contribution < 1.29 is 21.6 Å². The molecular formula is C14H13ClF3N3O3S. The van der Waals surface area contributed by atoms with Gasteiger partial charge in [0.1, 0.15) is 6.04 Å². The molecule has 0 bridgehead atoms. The van der Waals surface area contributed by atoms with Crippen molar-refractivity contribution in [2.75, 3.05) is 7.05 Å². The Balaban J connectivity index is 2.55. The molecule has 25 heavy (non-hydrogen) atoms. The van der Waals surface area contributed by atoms with E-state index < -0.39 is 32.8 Å². The zero-order chi connectivity index (χ0) is 19.0. The first-order valence-corrected chi connectivity index (χ1v) is 8.61. The molecule has 0 saturated carbocycles. The number of sulfonamides is 1. The van der Waals surface area contributed by atoms with Gasteiger partial charge in [0.15, 0.2) is 5.03 Å². The van der Waals surface area contributed by atoms with Crippen LogP contribution in [0.25, 0.3) is 0 Å². The van der Waals surface area contributed by atoms with E-state index in [9.17, 15) is 26.4 Å². The zero-order valence-electron chi connectivity index (χ0n) is 13.0. The highest BCUT2D eigenvalue weighted by Crippen LogP contribution is 2.39. The average Bonchev–Trinajstić information content (AvgIpc) is 2.50. The molecule has 136 valence electrons. The lowest BCUT2D eigenvalue weighted by molar-refractivity contribution is -0.171. The molecule has 0 fully saturated rings. The number of aryl methyl sites for hydroxylation is 1. The van der Waals surface area contributed by atoms with Crippen molar-refractivity contribution in [2.45, 2.75) is 17.2 Å². The SMILES string of the molecule is CN(C(c1ccc(Cl)cc1)C(F)(F)F)S(=O)(=O)c1ccc(=O)n(C)n1. The van der Waals surface area contributed by atoms with Crippen LogP contribution in [0, 0.1) is 0 Å². The number of halogens is 4. The molecule has 11 heteroatoms. The molecule has 0 aliphatic heterocycles. The summed E-state index contributed by atoms with van der Waals surface area (Å²) >= 11 is 5.67. The van der Waals surface area contributed by atoms with E-state index in [0.717, 1.165) is 36.0 Å². The molecule has 0 amide bonds. The Bertz CT molecular complexity index is 927. The maximum absolute atomic E-state index is 13.5. The van der Waals surface area contributed by atoms with E-state index in [1.165, 1.54) is 19.2 Å². The minimum absolute atomic E-state index is 0.170. The van der Waals surface area contributed by atoms with Gasteiger partial charge in [0.05, 0.1) is 0 Å². The van der Waals surface area contributed by atoms with E-state index >= 15 is 0 Å². The van der Waals surface area contributed by atoms with Crippen LogP contribution in [0.1, 0.15) is 11.6 Å². The monoisotopic (exact) mass is 395 g/mol. The number of nitrogens with zero attached hydrogens (tertiary/aromatic N) is 3. The molecule has 0 radical (unpaired) electrons. The molecule has 1 heterocycles. The number of alkyl halides is 3. The molecule has 0 N–H and O–H groups in total. The summed E-state index contributed by atoms with van der Waals surface area (Å²) in [6.07, 6.45) is -4.88. The van der Waals surface area contributed by atoms with Crippen molar-refractivity contribution in [3.63, 3.8) is 0 Å². The van der Waals surface area contributed by atoms with Gasteiger partial charge in [-0.2, -0.15) is 22.6 Å². The van der Waals surface area contributed by atoms with E-state index in [1.54, 1.807) is 0 Å². The van der Waals surface area contributed by atoms with E-state index in [1.807, 2.05) is 0 Å². The van der Waals surface area contributed by atoms with Gasteiger partial charge in [-0.3, -0.25) is 4.79 Å². The van der Waals surface area contributed by atoms with Crippen LogP contribution in [0.5, 0.6) is 0 Å². The van der Waals surface area contributed by atoms with Gasteiger partial charge in [-0.25, -0.2) is 13.1 Å². The second-order valence-corrected chi connectivity index (χ2v) is 7.53. The standard InChI is InChI=1S/C14H13ClF3N3O3S/c1-20-12(22)8-7-11(19-20)25(23,24)21(2)13(14(16,17)18)9-3-5-10(15)6-4-9/h3-8,13H,1-2H3. The third-order valence-corrected chi connectivity index (χ3v) is 5.41. The van der Waals surface area contributed by atoms with E-state index in [-0.39, 0.29) is 14.9 Å². The fourth-order valence-electron chi connectivity index (χ4n) is 2.15. The van der Waals surface area contributed by atoms with Gasteiger partial charge in [0, 0.05) is 25.2 Å². The Morgan fingerprint density at radius 3 is 2.20 bits per heavy atom. The van der Waals surface area contributed by atoms with Crippen molar-refractivity contribution in [1.82, 2.24) is 14.1 Å². The van der Waals surface area contributed by atoms with Crippen molar-refractivity contribution in [1.29, 1.82) is 0 Å². The van der Waals surface area contributed by atoms with Crippen LogP contribution in [0.15, 0.2) is 46.2 Å². The predicted molar refractivity (Wildman–Crippen MR) is 84.7 cm³/mol. The minimum atomic E-state index is -4.88. The summed E-state index contributed by atoms with van der Waals surface area (Å²) in [5.74, 6) is 0. The lowest BCUT2D eigenvalue weighted by atomic mass is 10.1. The topological polar surface area (TPSA) is 72.3 Å². The smallest absolute Gasteiger partial charge is 0.268 e. The Morgan fingerprint density at radius 1 is 1.16 bits per heavy atom. The predicted octanol–water partition coefficient (Wildman–Crippen LogP) is 2.36. The van der Waals surface area contributed by atoms with E-state index in [4.69, 9.17) is 11.6 Å². The van der Waals surface area contributed by atoms with Crippen LogP contribution in [0.2, 0.25) is 5.02 Å². The second kappa shape index (κ2) is 6.77. The van der Waals surface area contributed by atoms with Crippen LogP contribution < -0.4 is 5.56 Å². The van der Waals surface area contributed by atoms with Crippen LogP contribution in [0.3, 0.4) is 0 Å². The zero-order valence-corrected chi connectivity index (χ0v) is 14.6. The Hall–Kier alpha value is -1.91. The van der Waals surface area contributed by atoms with Crippen molar-refractivity contribution in [3.05, 3.63) is 57.3 Å². The molecule has 0 spiro atoms. The molecule has 1 atom stereocenters. The van der Waals surface area contributed by atoms with Crippen LogP contribution in [-0.4, -0.2) is 35.7 Å². The van der Waals surface area contributed by atoms with Gasteiger partial charge in [-0.1, -0.05) is 23.7 Å². The van der Waals surface area contributed by atoms with Gasteiger partial charge in [0.2, 0.25) is 0 Å². The van der Waals surface area contributed by atoms with Gasteiger partial charge < -0.3 is 0 Å². The normalized spacial score (nSPS) is 13.9. The molecule has 0 saturated heterocycles. The van der Waals surface area contributed by atoms with E-state index in [2.05, 4.69) is 5.10 Å². The molecule has 0 aliphatic carbocycles. The summed E-state index contributed by atoms with van der Waals surface area (Å²) < 4.78 is 66.6. The van der Waals surface area contributed by atoms with Gasteiger partial charge in [0.25, 0.3) is 15.6 Å². The molecular weight excluding hydrogens is 383 g/mol. The number of aromatic nitrogens is 2. The van der Waals surface area contributed by atoms with Gasteiger partial charge >= 0.3 is 6.18 Å².